The number of anilines is 6. The number of hydrogen-bond acceptors (Lipinski definition) is 2. The highest BCUT2D eigenvalue weighted by molar-refractivity contribution is 5.93. The van der Waals surface area contributed by atoms with Gasteiger partial charge >= 0.3 is 0 Å². The maximum atomic E-state index is 7.91. The Bertz CT molecular complexity index is 1580. The third kappa shape index (κ3) is 4.33. The summed E-state index contributed by atoms with van der Waals surface area (Å²) < 4.78 is 7.91. The summed E-state index contributed by atoms with van der Waals surface area (Å²) >= 11 is 0. The first-order chi connectivity index (χ1) is 18.3. The van der Waals surface area contributed by atoms with Gasteiger partial charge in [-0.1, -0.05) is 84.9 Å². The second kappa shape index (κ2) is 9.81. The van der Waals surface area contributed by atoms with Gasteiger partial charge in [0, 0.05) is 34.1 Å². The molecule has 0 fully saturated rings. The van der Waals surface area contributed by atoms with Gasteiger partial charge in [-0.15, -0.1) is 0 Å². The fourth-order valence-corrected chi connectivity index (χ4v) is 4.65. The topological polar surface area (TPSA) is 6.48 Å². The van der Waals surface area contributed by atoms with Crippen LogP contribution in [0.15, 0.2) is 158 Å². The number of fused-ring (bicyclic) bond motifs is 1. The van der Waals surface area contributed by atoms with Crippen LogP contribution in [0.1, 0.15) is 1.37 Å². The van der Waals surface area contributed by atoms with Crippen LogP contribution in [-0.2, 0) is 0 Å². The van der Waals surface area contributed by atoms with Crippen molar-refractivity contribution >= 4 is 44.9 Å². The molecule has 36 heavy (non-hydrogen) atoms. The molecular formula is C34H26N2. The molecule has 0 N–H and O–H groups in total. The molecule has 6 aromatic carbocycles. The third-order valence-electron chi connectivity index (χ3n) is 6.33. The maximum absolute atomic E-state index is 7.91. The Labute approximate surface area is 213 Å². The third-order valence-corrected chi connectivity index (χ3v) is 6.33. The number of rotatable bonds is 6. The zero-order valence-electron chi connectivity index (χ0n) is 20.8. The van der Waals surface area contributed by atoms with Crippen LogP contribution in [0.5, 0.6) is 0 Å². The largest absolute Gasteiger partial charge is 0.310 e. The van der Waals surface area contributed by atoms with Gasteiger partial charge in [0.2, 0.25) is 0 Å². The van der Waals surface area contributed by atoms with Gasteiger partial charge in [0.05, 0.1) is 1.37 Å². The van der Waals surface area contributed by atoms with Gasteiger partial charge in [-0.2, -0.15) is 0 Å². The molecule has 0 bridgehead atoms. The SMILES string of the molecule is [3H]c1ccc(N(c2ccccc2)c2ccc3cc(N(c4ccccc4)c4ccccc4)ccc3c2)cc1. The van der Waals surface area contributed by atoms with Crippen molar-refractivity contribution in [2.45, 2.75) is 0 Å². The van der Waals surface area contributed by atoms with Crippen molar-refractivity contribution in [3.63, 3.8) is 0 Å². The standard InChI is InChI=1S/C34H26N2/c1-5-13-29(14-6-1)35(30-15-7-2-8-16-30)33-23-21-28-26-34(24-22-27(28)25-33)36(31-17-9-3-10-18-31)32-19-11-4-12-20-32/h1-26H/i1T. The fraction of sp³-hybridized carbons (Fsp3) is 0. The lowest BCUT2D eigenvalue weighted by Gasteiger charge is -2.27. The normalized spacial score (nSPS) is 11.2. The van der Waals surface area contributed by atoms with Crippen LogP contribution in [0.4, 0.5) is 34.1 Å². The van der Waals surface area contributed by atoms with Gasteiger partial charge < -0.3 is 9.80 Å². The van der Waals surface area contributed by atoms with Gasteiger partial charge in [0.25, 0.3) is 0 Å². The van der Waals surface area contributed by atoms with Crippen LogP contribution < -0.4 is 9.80 Å². The lowest BCUT2D eigenvalue weighted by molar-refractivity contribution is 1.28. The molecular weight excluding hydrogens is 436 g/mol. The molecule has 0 unspecified atom stereocenters. The Morgan fingerprint density at radius 3 is 1.03 bits per heavy atom. The minimum Gasteiger partial charge on any atom is -0.310 e. The molecule has 0 saturated carbocycles. The number of benzene rings is 6. The van der Waals surface area contributed by atoms with E-state index in [9.17, 15) is 0 Å². The summed E-state index contributed by atoms with van der Waals surface area (Å²) in [7, 11) is 0. The molecule has 0 aliphatic heterocycles. The van der Waals surface area contributed by atoms with Crippen LogP contribution in [0.3, 0.4) is 0 Å². The van der Waals surface area contributed by atoms with E-state index in [4.69, 9.17) is 1.37 Å². The zero-order valence-corrected chi connectivity index (χ0v) is 19.8. The molecule has 172 valence electrons. The van der Waals surface area contributed by atoms with Crippen molar-refractivity contribution in [2.24, 2.45) is 0 Å². The van der Waals surface area contributed by atoms with E-state index in [1.165, 1.54) is 10.8 Å². The van der Waals surface area contributed by atoms with E-state index >= 15 is 0 Å². The van der Waals surface area contributed by atoms with Crippen molar-refractivity contribution in [3.8, 4) is 0 Å². The molecule has 0 aliphatic rings. The molecule has 6 aromatic rings. The van der Waals surface area contributed by atoms with Gasteiger partial charge in [-0.05, 0) is 83.6 Å². The summed E-state index contributed by atoms with van der Waals surface area (Å²) in [5, 5.41) is 2.34. The zero-order chi connectivity index (χ0) is 25.0. The highest BCUT2D eigenvalue weighted by Crippen LogP contribution is 2.38. The van der Waals surface area contributed by atoms with E-state index < -0.39 is 0 Å². The minimum atomic E-state index is 0.504. The van der Waals surface area contributed by atoms with E-state index in [1.807, 2.05) is 42.5 Å². The molecule has 6 rings (SSSR count). The molecule has 0 saturated heterocycles. The van der Waals surface area contributed by atoms with Gasteiger partial charge in [0.1, 0.15) is 0 Å². The van der Waals surface area contributed by atoms with E-state index in [0.29, 0.717) is 6.04 Å². The van der Waals surface area contributed by atoms with Crippen LogP contribution in [0.2, 0.25) is 0 Å². The van der Waals surface area contributed by atoms with Crippen LogP contribution >= 0.6 is 0 Å². The highest BCUT2D eigenvalue weighted by atomic mass is 15.1. The first kappa shape index (κ1) is 20.5. The maximum Gasteiger partial charge on any atom is 0.0623 e. The average molecular weight is 465 g/mol. The van der Waals surface area contributed by atoms with Crippen molar-refractivity contribution in [2.75, 3.05) is 9.80 Å². The van der Waals surface area contributed by atoms with Crippen molar-refractivity contribution in [1.29, 1.82) is 0 Å². The second-order valence-corrected chi connectivity index (χ2v) is 8.65. The first-order valence-electron chi connectivity index (χ1n) is 12.6. The Morgan fingerprint density at radius 1 is 0.333 bits per heavy atom. The highest BCUT2D eigenvalue weighted by Gasteiger charge is 2.15. The smallest absolute Gasteiger partial charge is 0.0623 e. The number of nitrogens with zero attached hydrogens (tertiary/aromatic N) is 2. The lowest BCUT2D eigenvalue weighted by Crippen LogP contribution is -2.10. The number of hydrogen-bond donors (Lipinski definition) is 0. The molecule has 2 heteroatoms. The van der Waals surface area contributed by atoms with Crippen LogP contribution in [0.25, 0.3) is 10.8 Å². The van der Waals surface area contributed by atoms with Crippen molar-refractivity contribution in [3.05, 3.63) is 158 Å². The second-order valence-electron chi connectivity index (χ2n) is 8.65. The van der Waals surface area contributed by atoms with E-state index in [2.05, 4.69) is 119 Å². The summed E-state index contributed by atoms with van der Waals surface area (Å²) in [6, 6.07) is 52.7. The lowest BCUT2D eigenvalue weighted by atomic mass is 10.1. The van der Waals surface area contributed by atoms with Crippen LogP contribution in [0, 0.1) is 0 Å². The summed E-state index contributed by atoms with van der Waals surface area (Å²) in [5.74, 6) is 0. The minimum absolute atomic E-state index is 0.504. The molecule has 0 aromatic heterocycles. The summed E-state index contributed by atoms with van der Waals surface area (Å²) in [6.07, 6.45) is 0. The quantitative estimate of drug-likeness (QED) is 0.242. The summed E-state index contributed by atoms with van der Waals surface area (Å²) in [6.45, 7) is 0. The van der Waals surface area contributed by atoms with Gasteiger partial charge in [0.15, 0.2) is 0 Å². The Hall–Kier alpha value is -4.82. The Balaban J connectivity index is 1.44. The predicted molar refractivity (Wildman–Crippen MR) is 153 cm³/mol. The molecule has 0 radical (unpaired) electrons. The molecule has 0 atom stereocenters. The monoisotopic (exact) mass is 464 g/mol. The predicted octanol–water partition coefficient (Wildman–Crippen LogP) is 9.78. The first-order valence-corrected chi connectivity index (χ1v) is 12.1. The van der Waals surface area contributed by atoms with Gasteiger partial charge in [-0.25, -0.2) is 0 Å². The number of para-hydroxylation sites is 4. The average Bonchev–Trinajstić information content (AvgIpc) is 2.96. The van der Waals surface area contributed by atoms with E-state index in [0.717, 1.165) is 34.1 Å². The molecule has 2 nitrogen and oxygen atoms in total. The molecule has 0 amide bonds. The summed E-state index contributed by atoms with van der Waals surface area (Å²) in [4.78, 5) is 4.51. The van der Waals surface area contributed by atoms with Gasteiger partial charge in [-0.3, -0.25) is 0 Å². The Morgan fingerprint density at radius 2 is 0.667 bits per heavy atom. The van der Waals surface area contributed by atoms with Crippen molar-refractivity contribution in [1.82, 2.24) is 0 Å². The van der Waals surface area contributed by atoms with Crippen LogP contribution in [-0.4, -0.2) is 0 Å². The molecule has 0 spiro atoms. The van der Waals surface area contributed by atoms with Crippen molar-refractivity contribution < 1.29 is 1.37 Å². The molecule has 0 aliphatic carbocycles. The molecule has 0 heterocycles. The van der Waals surface area contributed by atoms with E-state index in [1.54, 1.807) is 0 Å². The summed E-state index contributed by atoms with van der Waals surface area (Å²) in [5.41, 5.74) is 6.54. The Kier molecular flexibility index (Phi) is 5.60. The van der Waals surface area contributed by atoms with E-state index in [-0.39, 0.29) is 0 Å². The fourth-order valence-electron chi connectivity index (χ4n) is 4.65.